The highest BCUT2D eigenvalue weighted by Gasteiger charge is 2.24. The molecule has 0 atom stereocenters. The van der Waals surface area contributed by atoms with E-state index < -0.39 is 4.92 Å². The molecule has 0 saturated heterocycles. The van der Waals surface area contributed by atoms with E-state index in [2.05, 4.69) is 0 Å². The van der Waals surface area contributed by atoms with Crippen molar-refractivity contribution in [3.63, 3.8) is 0 Å². The Hall–Kier alpha value is -1.91. The number of ether oxygens (including phenoxy) is 1. The predicted molar refractivity (Wildman–Crippen MR) is 70.3 cm³/mol. The molecule has 5 nitrogen and oxygen atoms in total. The molecule has 102 valence electrons. The van der Waals surface area contributed by atoms with Crippen molar-refractivity contribution < 1.29 is 14.5 Å². The van der Waals surface area contributed by atoms with E-state index in [0.717, 1.165) is 31.2 Å². The molecular weight excluding hydrogens is 246 g/mol. The summed E-state index contributed by atoms with van der Waals surface area (Å²) in [4.78, 5) is 22.3. The van der Waals surface area contributed by atoms with Gasteiger partial charge in [0.15, 0.2) is 11.5 Å². The summed E-state index contributed by atoms with van der Waals surface area (Å²) in [7, 11) is 0. The van der Waals surface area contributed by atoms with Gasteiger partial charge in [0, 0.05) is 12.0 Å². The number of Topliss-reactive ketones (excluding diaryl/α,β-unsaturated/α-hetero) is 1. The summed E-state index contributed by atoms with van der Waals surface area (Å²) in [5.74, 6) is 0.291. The average molecular weight is 263 g/mol. The van der Waals surface area contributed by atoms with Gasteiger partial charge >= 0.3 is 5.69 Å². The molecule has 0 aliphatic heterocycles. The van der Waals surface area contributed by atoms with Crippen LogP contribution >= 0.6 is 0 Å². The lowest BCUT2D eigenvalue weighted by atomic mass is 10.0. The van der Waals surface area contributed by atoms with E-state index in [1.54, 1.807) is 19.1 Å². The summed E-state index contributed by atoms with van der Waals surface area (Å²) in [5.41, 5.74) is 0.709. The second-order valence-electron chi connectivity index (χ2n) is 4.96. The van der Waals surface area contributed by atoms with Crippen LogP contribution < -0.4 is 4.74 Å². The van der Waals surface area contributed by atoms with Gasteiger partial charge < -0.3 is 4.74 Å². The van der Waals surface area contributed by atoms with Crippen LogP contribution in [0.25, 0.3) is 0 Å². The van der Waals surface area contributed by atoms with Gasteiger partial charge in [-0.15, -0.1) is 0 Å². The van der Waals surface area contributed by atoms with Crippen molar-refractivity contribution in [2.75, 3.05) is 6.61 Å². The second kappa shape index (κ2) is 5.82. The number of aryl methyl sites for hydroxylation is 1. The quantitative estimate of drug-likeness (QED) is 0.604. The molecule has 0 heterocycles. The van der Waals surface area contributed by atoms with Crippen LogP contribution in [0.3, 0.4) is 0 Å². The Morgan fingerprint density at radius 2 is 2.11 bits per heavy atom. The molecular formula is C14H17NO4. The molecule has 2 rings (SSSR count). The first-order valence-corrected chi connectivity index (χ1v) is 6.48. The van der Waals surface area contributed by atoms with Crippen LogP contribution in [0.1, 0.15) is 31.2 Å². The highest BCUT2D eigenvalue weighted by atomic mass is 16.6. The zero-order valence-electron chi connectivity index (χ0n) is 10.9. The molecule has 19 heavy (non-hydrogen) atoms. The molecule has 1 aliphatic rings. The van der Waals surface area contributed by atoms with Crippen LogP contribution in [-0.2, 0) is 4.79 Å². The molecule has 0 aromatic heterocycles. The summed E-state index contributed by atoms with van der Waals surface area (Å²) in [5, 5.41) is 10.9. The number of rotatable bonds is 5. The molecule has 1 saturated carbocycles. The number of nitrogens with zero attached hydrogens (tertiary/aromatic N) is 1. The maximum Gasteiger partial charge on any atom is 0.311 e. The second-order valence-corrected chi connectivity index (χ2v) is 4.96. The van der Waals surface area contributed by atoms with Crippen LogP contribution in [0, 0.1) is 23.0 Å². The smallest absolute Gasteiger partial charge is 0.311 e. The first kappa shape index (κ1) is 13.5. The molecule has 1 aromatic rings. The van der Waals surface area contributed by atoms with Crippen molar-refractivity contribution in [2.45, 2.75) is 32.6 Å². The van der Waals surface area contributed by atoms with Crippen LogP contribution in [0.4, 0.5) is 5.69 Å². The lowest BCUT2D eigenvalue weighted by Gasteiger charge is -2.10. The van der Waals surface area contributed by atoms with Gasteiger partial charge in [-0.05, 0) is 31.4 Å². The Labute approximate surface area is 111 Å². The number of carbonyl (C=O) groups excluding carboxylic acids is 1. The van der Waals surface area contributed by atoms with Crippen molar-refractivity contribution in [3.05, 3.63) is 33.9 Å². The van der Waals surface area contributed by atoms with Gasteiger partial charge in [-0.3, -0.25) is 14.9 Å². The summed E-state index contributed by atoms with van der Waals surface area (Å²) in [6, 6.07) is 4.74. The molecule has 1 aromatic carbocycles. The minimum Gasteiger partial charge on any atom is -0.479 e. The number of nitro groups is 1. The zero-order valence-corrected chi connectivity index (χ0v) is 10.9. The molecule has 0 unspecified atom stereocenters. The number of ketones is 1. The molecule has 1 aliphatic carbocycles. The van der Waals surface area contributed by atoms with Crippen LogP contribution in [0.2, 0.25) is 0 Å². The van der Waals surface area contributed by atoms with E-state index in [0.29, 0.717) is 0 Å². The van der Waals surface area contributed by atoms with E-state index >= 15 is 0 Å². The van der Waals surface area contributed by atoms with Gasteiger partial charge in [-0.1, -0.05) is 18.9 Å². The van der Waals surface area contributed by atoms with E-state index in [4.69, 9.17) is 4.74 Å². The molecule has 0 amide bonds. The number of carbonyl (C=O) groups is 1. The standard InChI is InChI=1S/C14H17NO4/c1-10-6-7-14(12(8-10)15(17)18)19-9-13(16)11-4-2-3-5-11/h6-8,11H,2-5,9H2,1H3. The van der Waals surface area contributed by atoms with Gasteiger partial charge in [0.1, 0.15) is 6.61 Å². The van der Waals surface area contributed by atoms with Crippen molar-refractivity contribution in [2.24, 2.45) is 5.92 Å². The Kier molecular flexibility index (Phi) is 4.14. The van der Waals surface area contributed by atoms with Crippen LogP contribution in [0.5, 0.6) is 5.75 Å². The lowest BCUT2D eigenvalue weighted by molar-refractivity contribution is -0.385. The number of hydrogen-bond donors (Lipinski definition) is 0. The highest BCUT2D eigenvalue weighted by molar-refractivity contribution is 5.82. The first-order valence-electron chi connectivity index (χ1n) is 6.48. The Morgan fingerprint density at radius 3 is 2.74 bits per heavy atom. The molecule has 5 heteroatoms. The summed E-state index contributed by atoms with van der Waals surface area (Å²) in [6.07, 6.45) is 4.00. The normalized spacial score (nSPS) is 15.4. The maximum absolute atomic E-state index is 11.9. The summed E-state index contributed by atoms with van der Waals surface area (Å²) < 4.78 is 5.34. The highest BCUT2D eigenvalue weighted by Crippen LogP contribution is 2.29. The van der Waals surface area contributed by atoms with Crippen molar-refractivity contribution in [1.29, 1.82) is 0 Å². The van der Waals surface area contributed by atoms with Crippen molar-refractivity contribution >= 4 is 11.5 Å². The molecule has 0 bridgehead atoms. The Balaban J connectivity index is 2.02. The van der Waals surface area contributed by atoms with E-state index in [-0.39, 0.29) is 29.7 Å². The predicted octanol–water partition coefficient (Wildman–Crippen LogP) is 3.04. The third-order valence-electron chi connectivity index (χ3n) is 3.49. The van der Waals surface area contributed by atoms with Crippen LogP contribution in [-0.4, -0.2) is 17.3 Å². The molecule has 0 N–H and O–H groups in total. The van der Waals surface area contributed by atoms with E-state index in [1.807, 2.05) is 0 Å². The van der Waals surface area contributed by atoms with Crippen molar-refractivity contribution in [1.82, 2.24) is 0 Å². The van der Waals surface area contributed by atoms with Crippen molar-refractivity contribution in [3.8, 4) is 5.75 Å². The topological polar surface area (TPSA) is 69.4 Å². The Bertz CT molecular complexity index is 492. The lowest BCUT2D eigenvalue weighted by Crippen LogP contribution is -2.19. The van der Waals surface area contributed by atoms with E-state index in [9.17, 15) is 14.9 Å². The Morgan fingerprint density at radius 1 is 1.42 bits per heavy atom. The SMILES string of the molecule is Cc1ccc(OCC(=O)C2CCCC2)c([N+](=O)[O-])c1. The van der Waals surface area contributed by atoms with Crippen LogP contribution in [0.15, 0.2) is 18.2 Å². The first-order chi connectivity index (χ1) is 9.08. The third kappa shape index (κ3) is 3.30. The molecule has 1 fully saturated rings. The minimum absolute atomic E-state index is 0.0485. The fourth-order valence-electron chi connectivity index (χ4n) is 2.41. The average Bonchev–Trinajstić information content (AvgIpc) is 2.90. The molecule has 0 spiro atoms. The summed E-state index contributed by atoms with van der Waals surface area (Å²) in [6.45, 7) is 1.70. The van der Waals surface area contributed by atoms with Gasteiger partial charge in [0.25, 0.3) is 0 Å². The van der Waals surface area contributed by atoms with Gasteiger partial charge in [0.05, 0.1) is 4.92 Å². The van der Waals surface area contributed by atoms with Gasteiger partial charge in [-0.25, -0.2) is 0 Å². The zero-order chi connectivity index (χ0) is 13.8. The number of hydrogen-bond acceptors (Lipinski definition) is 4. The number of nitro benzene ring substituents is 1. The van der Waals surface area contributed by atoms with E-state index in [1.165, 1.54) is 6.07 Å². The molecule has 0 radical (unpaired) electrons. The minimum atomic E-state index is -0.484. The number of benzene rings is 1. The van der Waals surface area contributed by atoms with Gasteiger partial charge in [-0.2, -0.15) is 0 Å². The maximum atomic E-state index is 11.9. The third-order valence-corrected chi connectivity index (χ3v) is 3.49. The monoisotopic (exact) mass is 263 g/mol. The fraction of sp³-hybridized carbons (Fsp3) is 0.500. The van der Waals surface area contributed by atoms with Gasteiger partial charge in [0.2, 0.25) is 0 Å². The largest absolute Gasteiger partial charge is 0.479 e. The summed E-state index contributed by atoms with van der Waals surface area (Å²) >= 11 is 0. The fourth-order valence-corrected chi connectivity index (χ4v) is 2.41.